The first kappa shape index (κ1) is 5.98. The highest BCUT2D eigenvalue weighted by molar-refractivity contribution is 4.70. The maximum Gasteiger partial charge on any atom is 0.0496 e. The van der Waals surface area contributed by atoms with Gasteiger partial charge in [0.1, 0.15) is 0 Å². The maximum absolute atomic E-state index is 11.6. The van der Waals surface area contributed by atoms with Gasteiger partial charge in [-0.3, -0.25) is 0 Å². The zero-order valence-corrected chi connectivity index (χ0v) is 4.78. The summed E-state index contributed by atoms with van der Waals surface area (Å²) in [5.41, 5.74) is 1.74. The Bertz CT molecular complexity index is 61.4. The van der Waals surface area contributed by atoms with Crippen molar-refractivity contribution in [3.8, 4) is 0 Å². The molecule has 48 valence electrons. The van der Waals surface area contributed by atoms with E-state index < -0.39 is 0 Å². The molecule has 0 aromatic rings. The molecule has 0 spiro atoms. The van der Waals surface area contributed by atoms with E-state index in [1.54, 1.807) is 5.54 Å². The topological polar surface area (TPSA) is 24.1 Å². The molecule has 1 saturated heterocycles. The Morgan fingerprint density at radius 3 is 2.88 bits per heavy atom. The quantitative estimate of drug-likeness (QED) is 0.481. The van der Waals surface area contributed by atoms with Gasteiger partial charge in [-0.15, -0.1) is 4.48 Å². The smallest absolute Gasteiger partial charge is 0.0496 e. The minimum atomic E-state index is 0.0590. The molecule has 2 N–H and O–H groups in total. The highest BCUT2D eigenvalue weighted by atomic mass is 19.2. The van der Waals surface area contributed by atoms with Crippen LogP contribution in [0.25, 0.3) is 0 Å². The van der Waals surface area contributed by atoms with Crippen LogP contribution < -0.4 is 10.9 Å². The first-order chi connectivity index (χ1) is 3.93. The lowest BCUT2D eigenvalue weighted by atomic mass is 10.1. The summed E-state index contributed by atoms with van der Waals surface area (Å²) in [5, 5.41) is 3.08. The predicted molar refractivity (Wildman–Crippen MR) is 30.1 cm³/mol. The van der Waals surface area contributed by atoms with Crippen LogP contribution in [0.1, 0.15) is 12.8 Å². The molecular weight excluding hydrogens is 107 g/mol. The molecule has 0 aromatic heterocycles. The second kappa shape index (κ2) is 2.99. The van der Waals surface area contributed by atoms with Crippen molar-refractivity contribution in [3.05, 3.63) is 0 Å². The van der Waals surface area contributed by atoms with Gasteiger partial charge in [-0.2, -0.15) is 5.54 Å². The standard InChI is InChI=1S/C5H11FN2/c6-8-5-2-1-3-7-4-5/h5,7-8H,1-4H2. The number of nitrogens with one attached hydrogen (secondary N) is 2. The van der Waals surface area contributed by atoms with E-state index in [0.29, 0.717) is 0 Å². The summed E-state index contributed by atoms with van der Waals surface area (Å²) in [6.45, 7) is 1.81. The van der Waals surface area contributed by atoms with Gasteiger partial charge >= 0.3 is 0 Å². The Balaban J connectivity index is 2.13. The Hall–Kier alpha value is -0.150. The predicted octanol–water partition coefficient (Wildman–Crippen LogP) is 0.212. The summed E-state index contributed by atoms with van der Waals surface area (Å²) in [6.07, 6.45) is 2.05. The van der Waals surface area contributed by atoms with E-state index in [0.717, 1.165) is 25.9 Å². The summed E-state index contributed by atoms with van der Waals surface area (Å²) in [6, 6.07) is 0.0590. The first-order valence-electron chi connectivity index (χ1n) is 3.00. The number of hydrogen-bond donors (Lipinski definition) is 2. The Morgan fingerprint density at radius 2 is 2.50 bits per heavy atom. The van der Waals surface area contributed by atoms with Gasteiger partial charge in [0, 0.05) is 12.6 Å². The number of piperidine rings is 1. The molecule has 1 atom stereocenters. The molecule has 1 heterocycles. The van der Waals surface area contributed by atoms with Crippen LogP contribution in [-0.2, 0) is 0 Å². The van der Waals surface area contributed by atoms with Crippen molar-refractivity contribution in [2.24, 2.45) is 0 Å². The van der Waals surface area contributed by atoms with Gasteiger partial charge in [0.25, 0.3) is 0 Å². The Kier molecular flexibility index (Phi) is 2.24. The van der Waals surface area contributed by atoms with Crippen LogP contribution in [-0.4, -0.2) is 19.1 Å². The molecule has 0 radical (unpaired) electrons. The van der Waals surface area contributed by atoms with Crippen molar-refractivity contribution in [1.29, 1.82) is 0 Å². The summed E-state index contributed by atoms with van der Waals surface area (Å²) in [7, 11) is 0. The van der Waals surface area contributed by atoms with Crippen molar-refractivity contribution >= 4 is 0 Å². The van der Waals surface area contributed by atoms with Gasteiger partial charge in [0.2, 0.25) is 0 Å². The average Bonchev–Trinajstić information content (AvgIpc) is 1.90. The second-order valence-corrected chi connectivity index (χ2v) is 2.15. The lowest BCUT2D eigenvalue weighted by Gasteiger charge is -2.19. The summed E-state index contributed by atoms with van der Waals surface area (Å²) >= 11 is 0. The van der Waals surface area contributed by atoms with Crippen LogP contribution in [0, 0.1) is 0 Å². The van der Waals surface area contributed by atoms with Crippen LogP contribution in [0.5, 0.6) is 0 Å². The first-order valence-corrected chi connectivity index (χ1v) is 3.00. The van der Waals surface area contributed by atoms with Crippen LogP contribution in [0.2, 0.25) is 0 Å². The molecule has 0 aromatic carbocycles. The minimum Gasteiger partial charge on any atom is -0.315 e. The highest BCUT2D eigenvalue weighted by Gasteiger charge is 2.10. The van der Waals surface area contributed by atoms with Gasteiger partial charge in [0.05, 0.1) is 0 Å². The molecule has 8 heavy (non-hydrogen) atoms. The molecule has 0 aliphatic carbocycles. The molecule has 1 aliphatic heterocycles. The molecule has 1 rings (SSSR count). The van der Waals surface area contributed by atoms with Gasteiger partial charge < -0.3 is 5.32 Å². The summed E-state index contributed by atoms with van der Waals surface area (Å²) in [5.74, 6) is 0. The molecule has 0 saturated carbocycles. The van der Waals surface area contributed by atoms with Gasteiger partial charge in [-0.05, 0) is 19.4 Å². The largest absolute Gasteiger partial charge is 0.315 e. The van der Waals surface area contributed by atoms with Gasteiger partial charge in [0.15, 0.2) is 0 Å². The second-order valence-electron chi connectivity index (χ2n) is 2.15. The zero-order valence-electron chi connectivity index (χ0n) is 4.78. The fraction of sp³-hybridized carbons (Fsp3) is 1.00. The summed E-state index contributed by atoms with van der Waals surface area (Å²) in [4.78, 5) is 0. The van der Waals surface area contributed by atoms with E-state index in [2.05, 4.69) is 5.32 Å². The van der Waals surface area contributed by atoms with Crippen molar-refractivity contribution in [3.63, 3.8) is 0 Å². The van der Waals surface area contributed by atoms with Gasteiger partial charge in [-0.1, -0.05) is 0 Å². The third kappa shape index (κ3) is 1.42. The normalized spacial score (nSPS) is 30.4. The fourth-order valence-corrected chi connectivity index (χ4v) is 0.945. The monoisotopic (exact) mass is 118 g/mol. The average molecular weight is 118 g/mol. The van der Waals surface area contributed by atoms with E-state index in [1.165, 1.54) is 0 Å². The molecule has 1 aliphatic rings. The molecule has 1 unspecified atom stereocenters. The van der Waals surface area contributed by atoms with Crippen LogP contribution >= 0.6 is 0 Å². The van der Waals surface area contributed by atoms with Crippen molar-refractivity contribution in [2.75, 3.05) is 13.1 Å². The van der Waals surface area contributed by atoms with Gasteiger partial charge in [-0.25, -0.2) is 0 Å². The van der Waals surface area contributed by atoms with Crippen molar-refractivity contribution in [2.45, 2.75) is 18.9 Å². The van der Waals surface area contributed by atoms with Crippen LogP contribution in [0.4, 0.5) is 4.48 Å². The number of halogens is 1. The molecular formula is C5H11FN2. The SMILES string of the molecule is FNC1CCCNC1. The van der Waals surface area contributed by atoms with Crippen LogP contribution in [0.15, 0.2) is 0 Å². The summed E-state index contributed by atoms with van der Waals surface area (Å²) < 4.78 is 11.6. The third-order valence-corrected chi connectivity index (χ3v) is 1.45. The lowest BCUT2D eigenvalue weighted by Crippen LogP contribution is -2.39. The molecule has 0 bridgehead atoms. The molecule has 3 heteroatoms. The van der Waals surface area contributed by atoms with Crippen molar-refractivity contribution in [1.82, 2.24) is 10.9 Å². The highest BCUT2D eigenvalue weighted by Crippen LogP contribution is 1.99. The van der Waals surface area contributed by atoms with Crippen LogP contribution in [0.3, 0.4) is 0 Å². The van der Waals surface area contributed by atoms with Crippen molar-refractivity contribution < 1.29 is 4.48 Å². The molecule has 2 nitrogen and oxygen atoms in total. The minimum absolute atomic E-state index is 0.0590. The lowest BCUT2D eigenvalue weighted by molar-refractivity contribution is 0.236. The zero-order chi connectivity index (χ0) is 5.82. The van der Waals surface area contributed by atoms with E-state index in [9.17, 15) is 4.48 Å². The molecule has 0 amide bonds. The third-order valence-electron chi connectivity index (χ3n) is 1.45. The fourth-order valence-electron chi connectivity index (χ4n) is 0.945. The van der Waals surface area contributed by atoms with E-state index in [-0.39, 0.29) is 6.04 Å². The van der Waals surface area contributed by atoms with E-state index in [1.807, 2.05) is 0 Å². The van der Waals surface area contributed by atoms with E-state index in [4.69, 9.17) is 0 Å². The van der Waals surface area contributed by atoms with E-state index >= 15 is 0 Å². The Morgan fingerprint density at radius 1 is 1.62 bits per heavy atom. The molecule has 1 fully saturated rings. The maximum atomic E-state index is 11.6. The number of hydrogen-bond acceptors (Lipinski definition) is 2. The number of rotatable bonds is 1. The Labute approximate surface area is 48.4 Å².